The Kier molecular flexibility index (Phi) is 5.41. The number of benzene rings is 1. The molecule has 22 heavy (non-hydrogen) atoms. The molecule has 2 rings (SSSR count). The van der Waals surface area contributed by atoms with Crippen LogP contribution in [0.3, 0.4) is 0 Å². The highest BCUT2D eigenvalue weighted by molar-refractivity contribution is 5.29. The second kappa shape index (κ2) is 6.77. The lowest BCUT2D eigenvalue weighted by atomic mass is 9.69. The normalized spacial score (nSPS) is 19.2. The van der Waals surface area contributed by atoms with Crippen molar-refractivity contribution < 1.29 is 0 Å². The Morgan fingerprint density at radius 1 is 0.864 bits per heavy atom. The van der Waals surface area contributed by atoms with E-state index in [1.54, 1.807) is 5.56 Å². The first-order chi connectivity index (χ1) is 10.2. The van der Waals surface area contributed by atoms with Crippen LogP contribution >= 0.6 is 0 Å². The first-order valence-electron chi connectivity index (χ1n) is 9.27. The highest BCUT2D eigenvalue weighted by Crippen LogP contribution is 2.43. The van der Waals surface area contributed by atoms with Crippen molar-refractivity contribution in [2.75, 3.05) is 0 Å². The van der Waals surface area contributed by atoms with Crippen LogP contribution in [0.1, 0.15) is 103 Å². The van der Waals surface area contributed by atoms with Crippen LogP contribution in [-0.4, -0.2) is 0 Å². The third-order valence-electron chi connectivity index (χ3n) is 5.28. The van der Waals surface area contributed by atoms with Crippen molar-refractivity contribution in [2.24, 2.45) is 10.8 Å². The van der Waals surface area contributed by atoms with Gasteiger partial charge in [0.15, 0.2) is 0 Å². The quantitative estimate of drug-likeness (QED) is 0.549. The lowest BCUT2D eigenvalue weighted by molar-refractivity contribution is 0.229. The average Bonchev–Trinajstić information content (AvgIpc) is 2.44. The predicted octanol–water partition coefficient (Wildman–Crippen LogP) is 7.30. The Morgan fingerprint density at radius 3 is 1.86 bits per heavy atom. The number of hydrogen-bond donors (Lipinski definition) is 0. The molecule has 0 N–H and O–H groups in total. The van der Waals surface area contributed by atoms with Crippen LogP contribution in [0.4, 0.5) is 0 Å². The molecule has 1 aliphatic rings. The maximum atomic E-state index is 2.42. The third kappa shape index (κ3) is 4.86. The molecule has 0 heteroatoms. The minimum Gasteiger partial charge on any atom is -0.0602 e. The first kappa shape index (κ1) is 17.6. The van der Waals surface area contributed by atoms with E-state index >= 15 is 0 Å². The average molecular weight is 301 g/mol. The van der Waals surface area contributed by atoms with E-state index in [4.69, 9.17) is 0 Å². The van der Waals surface area contributed by atoms with E-state index in [0.29, 0.717) is 16.7 Å². The number of rotatable bonds is 3. The van der Waals surface area contributed by atoms with Crippen LogP contribution in [0, 0.1) is 10.8 Å². The van der Waals surface area contributed by atoms with Crippen molar-refractivity contribution in [1.29, 1.82) is 0 Å². The van der Waals surface area contributed by atoms with E-state index in [1.807, 2.05) is 0 Å². The summed E-state index contributed by atoms with van der Waals surface area (Å²) in [6.07, 6.45) is 8.31. The van der Waals surface area contributed by atoms with Gasteiger partial charge in [-0.05, 0) is 53.1 Å². The molecule has 0 saturated heterocycles. The van der Waals surface area contributed by atoms with Crippen molar-refractivity contribution in [1.82, 2.24) is 0 Å². The predicted molar refractivity (Wildman–Crippen MR) is 98.5 cm³/mol. The molecule has 1 aromatic carbocycles. The lowest BCUT2D eigenvalue weighted by Crippen LogP contribution is -2.23. The number of hydrogen-bond acceptors (Lipinski definition) is 0. The summed E-state index contributed by atoms with van der Waals surface area (Å²) in [5.74, 6) is 1.45. The smallest absolute Gasteiger partial charge is 0.0108 e. The molecule has 1 saturated carbocycles. The molecule has 124 valence electrons. The zero-order chi connectivity index (χ0) is 16.4. The topological polar surface area (TPSA) is 0 Å². The summed E-state index contributed by atoms with van der Waals surface area (Å²) in [7, 11) is 0. The molecule has 1 aliphatic carbocycles. The molecule has 0 heterocycles. The fourth-order valence-electron chi connectivity index (χ4n) is 3.97. The van der Waals surface area contributed by atoms with Crippen LogP contribution in [0.2, 0.25) is 0 Å². The van der Waals surface area contributed by atoms with Gasteiger partial charge >= 0.3 is 0 Å². The monoisotopic (exact) mass is 300 g/mol. The Hall–Kier alpha value is -0.780. The lowest BCUT2D eigenvalue weighted by Gasteiger charge is -2.36. The Labute approximate surface area is 138 Å². The Bertz CT molecular complexity index is 446. The van der Waals surface area contributed by atoms with Crippen LogP contribution in [-0.2, 0) is 0 Å². The van der Waals surface area contributed by atoms with Gasteiger partial charge in [-0.2, -0.15) is 0 Å². The summed E-state index contributed by atoms with van der Waals surface area (Å²) in [5, 5.41) is 0. The van der Waals surface area contributed by atoms with Gasteiger partial charge < -0.3 is 0 Å². The Morgan fingerprint density at radius 2 is 1.41 bits per heavy atom. The van der Waals surface area contributed by atoms with Crippen molar-refractivity contribution in [3.63, 3.8) is 0 Å². The molecule has 1 aromatic rings. The van der Waals surface area contributed by atoms with Crippen LogP contribution in [0.25, 0.3) is 0 Å². The summed E-state index contributed by atoms with van der Waals surface area (Å²) in [5.41, 5.74) is 3.80. The van der Waals surface area contributed by atoms with Crippen molar-refractivity contribution in [2.45, 2.75) is 91.9 Å². The molecular weight excluding hydrogens is 264 g/mol. The van der Waals surface area contributed by atoms with E-state index in [0.717, 1.165) is 5.92 Å². The maximum absolute atomic E-state index is 2.42. The molecule has 0 spiro atoms. The molecule has 0 nitrogen and oxygen atoms in total. The van der Waals surface area contributed by atoms with E-state index in [-0.39, 0.29) is 0 Å². The molecule has 1 atom stereocenters. The SMILES string of the molecule is CC(C)(C)CC(c1ccc(C2CCCCC2)cc1)C(C)(C)C. The summed E-state index contributed by atoms with van der Waals surface area (Å²) >= 11 is 0. The molecule has 1 fully saturated rings. The fraction of sp³-hybridized carbons (Fsp3) is 0.727. The van der Waals surface area contributed by atoms with Gasteiger partial charge in [-0.1, -0.05) is 85.1 Å². The standard InChI is InChI=1S/C22H36/c1-21(2,3)16-20(22(4,5)6)19-14-12-18(13-15-19)17-10-8-7-9-11-17/h12-15,17,20H,7-11,16H2,1-6H3. The van der Waals surface area contributed by atoms with E-state index in [2.05, 4.69) is 65.8 Å². The van der Waals surface area contributed by atoms with Gasteiger partial charge in [0.05, 0.1) is 0 Å². The zero-order valence-corrected chi connectivity index (χ0v) is 15.7. The van der Waals surface area contributed by atoms with Gasteiger partial charge in [-0.25, -0.2) is 0 Å². The van der Waals surface area contributed by atoms with Crippen molar-refractivity contribution in [3.05, 3.63) is 35.4 Å². The molecule has 0 amide bonds. The molecule has 1 unspecified atom stereocenters. The van der Waals surface area contributed by atoms with Crippen LogP contribution < -0.4 is 0 Å². The van der Waals surface area contributed by atoms with Gasteiger partial charge in [0.25, 0.3) is 0 Å². The third-order valence-corrected chi connectivity index (χ3v) is 5.28. The molecular formula is C22H36. The molecule has 0 radical (unpaired) electrons. The Balaban J connectivity index is 2.18. The maximum Gasteiger partial charge on any atom is -0.0108 e. The largest absolute Gasteiger partial charge is 0.0602 e. The van der Waals surface area contributed by atoms with Gasteiger partial charge in [0.2, 0.25) is 0 Å². The first-order valence-corrected chi connectivity index (χ1v) is 9.27. The minimum absolute atomic E-state index is 0.319. The molecule has 0 aromatic heterocycles. The summed E-state index contributed by atoms with van der Waals surface area (Å²) in [6, 6.07) is 9.69. The van der Waals surface area contributed by atoms with E-state index < -0.39 is 0 Å². The summed E-state index contributed by atoms with van der Waals surface area (Å²) in [4.78, 5) is 0. The molecule has 0 bridgehead atoms. The van der Waals surface area contributed by atoms with Crippen molar-refractivity contribution >= 4 is 0 Å². The van der Waals surface area contributed by atoms with Gasteiger partial charge in [-0.15, -0.1) is 0 Å². The van der Waals surface area contributed by atoms with Crippen LogP contribution in [0.5, 0.6) is 0 Å². The fourth-order valence-corrected chi connectivity index (χ4v) is 3.97. The van der Waals surface area contributed by atoms with Crippen molar-refractivity contribution in [3.8, 4) is 0 Å². The van der Waals surface area contributed by atoms with E-state index in [1.165, 1.54) is 44.1 Å². The van der Waals surface area contributed by atoms with Gasteiger partial charge in [-0.3, -0.25) is 0 Å². The van der Waals surface area contributed by atoms with E-state index in [9.17, 15) is 0 Å². The summed E-state index contributed by atoms with van der Waals surface area (Å²) < 4.78 is 0. The minimum atomic E-state index is 0.319. The zero-order valence-electron chi connectivity index (χ0n) is 15.7. The van der Waals surface area contributed by atoms with Gasteiger partial charge in [0, 0.05) is 0 Å². The van der Waals surface area contributed by atoms with Gasteiger partial charge in [0.1, 0.15) is 0 Å². The molecule has 0 aliphatic heterocycles. The highest BCUT2D eigenvalue weighted by Gasteiger charge is 2.30. The summed E-state index contributed by atoms with van der Waals surface area (Å²) in [6.45, 7) is 14.3. The second-order valence-corrected chi connectivity index (χ2v) is 9.68. The van der Waals surface area contributed by atoms with Crippen LogP contribution in [0.15, 0.2) is 24.3 Å². The highest BCUT2D eigenvalue weighted by atomic mass is 14.3. The second-order valence-electron chi connectivity index (χ2n) is 9.68.